The number of unbranched alkanes of at least 4 members (excludes halogenated alkanes) is 14. The molecule has 0 saturated carbocycles. The van der Waals surface area contributed by atoms with Gasteiger partial charge in [-0.05, 0) is 12.8 Å². The van der Waals surface area contributed by atoms with Crippen LogP contribution in [0, 0.1) is 0 Å². The molecule has 0 heterocycles. The topological polar surface area (TPSA) is 109 Å². The van der Waals surface area contributed by atoms with Gasteiger partial charge in [-0.3, -0.25) is 9.59 Å². The van der Waals surface area contributed by atoms with E-state index in [-0.39, 0.29) is 48.3 Å². The number of nitrogens with two attached hydrogens (primary N) is 1. The van der Waals surface area contributed by atoms with E-state index in [2.05, 4.69) is 12.2 Å². The van der Waals surface area contributed by atoms with Crippen LogP contribution >= 0.6 is 0 Å². The predicted octanol–water partition coefficient (Wildman–Crippen LogP) is 4.70. The van der Waals surface area contributed by atoms with Gasteiger partial charge in [-0.25, -0.2) is 4.79 Å². The van der Waals surface area contributed by atoms with Crippen LogP contribution in [-0.4, -0.2) is 58.5 Å². The Morgan fingerprint density at radius 3 is 1.50 bits per heavy atom. The van der Waals surface area contributed by atoms with E-state index in [1.807, 2.05) is 0 Å². The maximum absolute atomic E-state index is 11.8. The van der Waals surface area contributed by atoms with Gasteiger partial charge >= 0.3 is 5.97 Å². The van der Waals surface area contributed by atoms with E-state index < -0.39 is 17.9 Å². The standard InChI is InChI=1S/C23H44N2O4.Na/c1-2-3-4-5-6-7-8-9-10-11-12-13-14-15-16-17-22(27)25-20(23(28)29)18-19-21(24)26;/h20H,2-19H2,1H3,(H2,24,26)(H,25,27)(H,28,29);/t20-;/m0./s1. The molecule has 0 aromatic carbocycles. The van der Waals surface area contributed by atoms with Crippen LogP contribution < -0.4 is 11.1 Å². The summed E-state index contributed by atoms with van der Waals surface area (Å²) in [5.74, 6) is -1.96. The summed E-state index contributed by atoms with van der Waals surface area (Å²) in [5.41, 5.74) is 5.03. The van der Waals surface area contributed by atoms with Crippen LogP contribution in [0.3, 0.4) is 0 Å². The minimum Gasteiger partial charge on any atom is -0.480 e. The first kappa shape index (κ1) is 31.6. The van der Waals surface area contributed by atoms with Crippen molar-refractivity contribution < 1.29 is 19.5 Å². The van der Waals surface area contributed by atoms with E-state index in [0.29, 0.717) is 6.42 Å². The molecule has 1 radical (unpaired) electrons. The van der Waals surface area contributed by atoms with Crippen molar-refractivity contribution in [2.45, 2.75) is 129 Å². The van der Waals surface area contributed by atoms with Crippen molar-refractivity contribution in [1.29, 1.82) is 0 Å². The molecule has 1 atom stereocenters. The quantitative estimate of drug-likeness (QED) is 0.179. The van der Waals surface area contributed by atoms with E-state index >= 15 is 0 Å². The van der Waals surface area contributed by atoms with Crippen LogP contribution in [0.2, 0.25) is 0 Å². The van der Waals surface area contributed by atoms with Gasteiger partial charge in [-0.15, -0.1) is 0 Å². The SMILES string of the molecule is CCCCCCCCCCCCCCCCCC(=O)N[C@@H](CCC(N)=O)C(=O)O.[Na]. The first-order chi connectivity index (χ1) is 14.0. The zero-order valence-electron chi connectivity index (χ0n) is 19.6. The maximum Gasteiger partial charge on any atom is 0.326 e. The van der Waals surface area contributed by atoms with Crippen molar-refractivity contribution in [2.24, 2.45) is 5.73 Å². The largest absolute Gasteiger partial charge is 0.480 e. The molecule has 0 fully saturated rings. The Hall–Kier alpha value is -0.590. The van der Waals surface area contributed by atoms with E-state index in [9.17, 15) is 14.4 Å². The van der Waals surface area contributed by atoms with Crippen LogP contribution in [0.5, 0.6) is 0 Å². The molecule has 0 aliphatic rings. The summed E-state index contributed by atoms with van der Waals surface area (Å²) in [6, 6.07) is -1.04. The van der Waals surface area contributed by atoms with Gasteiger partial charge in [-0.2, -0.15) is 0 Å². The number of amides is 2. The molecule has 6 nitrogen and oxygen atoms in total. The third kappa shape index (κ3) is 22.1. The number of carboxylic acid groups (broad SMARTS) is 1. The van der Waals surface area contributed by atoms with Gasteiger partial charge in [-0.1, -0.05) is 96.8 Å². The first-order valence-corrected chi connectivity index (χ1v) is 11.8. The summed E-state index contributed by atoms with van der Waals surface area (Å²) in [5, 5.41) is 11.5. The van der Waals surface area contributed by atoms with Crippen LogP contribution in [0.25, 0.3) is 0 Å². The smallest absolute Gasteiger partial charge is 0.326 e. The number of hydrogen-bond acceptors (Lipinski definition) is 3. The molecule has 0 unspecified atom stereocenters. The molecule has 0 aliphatic heterocycles. The van der Waals surface area contributed by atoms with Crippen LogP contribution in [0.15, 0.2) is 0 Å². The maximum atomic E-state index is 11.8. The molecule has 0 aromatic heterocycles. The second-order valence-electron chi connectivity index (χ2n) is 8.16. The Bertz CT molecular complexity index is 447. The fourth-order valence-corrected chi connectivity index (χ4v) is 3.47. The Morgan fingerprint density at radius 1 is 0.733 bits per heavy atom. The summed E-state index contributed by atoms with van der Waals surface area (Å²) in [7, 11) is 0. The molecule has 171 valence electrons. The zero-order valence-corrected chi connectivity index (χ0v) is 21.6. The Balaban J connectivity index is 0. The molecule has 0 spiro atoms. The minimum absolute atomic E-state index is 0. The molecule has 2 amide bonds. The Labute approximate surface area is 205 Å². The van der Waals surface area contributed by atoms with Gasteiger partial charge < -0.3 is 16.2 Å². The average Bonchev–Trinajstić information content (AvgIpc) is 2.67. The molecular weight excluding hydrogens is 391 g/mol. The van der Waals surface area contributed by atoms with Crippen molar-refractivity contribution in [3.05, 3.63) is 0 Å². The normalized spacial score (nSPS) is 11.5. The molecule has 4 N–H and O–H groups in total. The van der Waals surface area contributed by atoms with Crippen molar-refractivity contribution >= 4 is 47.3 Å². The average molecular weight is 436 g/mol. The number of aliphatic carboxylic acids is 1. The monoisotopic (exact) mass is 435 g/mol. The second-order valence-corrected chi connectivity index (χ2v) is 8.16. The van der Waals surface area contributed by atoms with Crippen LogP contribution in [0.1, 0.15) is 122 Å². The van der Waals surface area contributed by atoms with E-state index in [1.54, 1.807) is 0 Å². The van der Waals surface area contributed by atoms with Crippen LogP contribution in [-0.2, 0) is 14.4 Å². The van der Waals surface area contributed by atoms with Crippen molar-refractivity contribution in [3.8, 4) is 0 Å². The third-order valence-corrected chi connectivity index (χ3v) is 5.32. The van der Waals surface area contributed by atoms with Crippen LogP contribution in [0.4, 0.5) is 0 Å². The number of nitrogens with one attached hydrogen (secondary N) is 1. The molecule has 0 aromatic rings. The van der Waals surface area contributed by atoms with Crippen molar-refractivity contribution in [2.75, 3.05) is 0 Å². The Kier molecular flexibility index (Phi) is 24.3. The Morgan fingerprint density at radius 2 is 1.13 bits per heavy atom. The van der Waals surface area contributed by atoms with Gasteiger partial charge in [0, 0.05) is 42.4 Å². The molecule has 0 rings (SSSR count). The summed E-state index contributed by atoms with van der Waals surface area (Å²) in [6.45, 7) is 2.25. The fourth-order valence-electron chi connectivity index (χ4n) is 3.47. The summed E-state index contributed by atoms with van der Waals surface area (Å²) in [4.78, 5) is 33.7. The van der Waals surface area contributed by atoms with Gasteiger partial charge in [0.2, 0.25) is 11.8 Å². The fraction of sp³-hybridized carbons (Fsp3) is 0.870. The molecule has 0 saturated heterocycles. The van der Waals surface area contributed by atoms with Gasteiger partial charge in [0.15, 0.2) is 0 Å². The molecule has 0 aliphatic carbocycles. The summed E-state index contributed by atoms with van der Waals surface area (Å²) in [6.07, 6.45) is 19.3. The predicted molar refractivity (Wildman–Crippen MR) is 123 cm³/mol. The number of hydrogen-bond donors (Lipinski definition) is 3. The van der Waals surface area contributed by atoms with Crippen molar-refractivity contribution in [1.82, 2.24) is 5.32 Å². The number of carbonyl (C=O) groups excluding carboxylic acids is 2. The van der Waals surface area contributed by atoms with Gasteiger partial charge in [0.25, 0.3) is 0 Å². The molecule has 0 bridgehead atoms. The summed E-state index contributed by atoms with van der Waals surface area (Å²) < 4.78 is 0. The van der Waals surface area contributed by atoms with Crippen molar-refractivity contribution in [3.63, 3.8) is 0 Å². The number of carbonyl (C=O) groups is 3. The van der Waals surface area contributed by atoms with E-state index in [1.165, 1.54) is 77.0 Å². The minimum atomic E-state index is -1.13. The van der Waals surface area contributed by atoms with E-state index in [0.717, 1.165) is 19.3 Å². The number of primary amides is 1. The number of rotatable bonds is 21. The van der Waals surface area contributed by atoms with Gasteiger partial charge in [0.1, 0.15) is 6.04 Å². The molecule has 30 heavy (non-hydrogen) atoms. The van der Waals surface area contributed by atoms with Gasteiger partial charge in [0.05, 0.1) is 0 Å². The molecular formula is C23H44N2NaO4. The first-order valence-electron chi connectivity index (χ1n) is 11.8. The zero-order chi connectivity index (χ0) is 21.7. The molecule has 7 heteroatoms. The summed E-state index contributed by atoms with van der Waals surface area (Å²) >= 11 is 0. The third-order valence-electron chi connectivity index (χ3n) is 5.32. The second kappa shape index (κ2) is 23.1. The number of carboxylic acids is 1. The van der Waals surface area contributed by atoms with E-state index in [4.69, 9.17) is 10.8 Å².